The first-order valence-electron chi connectivity index (χ1n) is 7.48. The fourth-order valence-corrected chi connectivity index (χ4v) is 2.17. The minimum Gasteiger partial charge on any atom is -0.388 e. The second-order valence-corrected chi connectivity index (χ2v) is 4.84. The van der Waals surface area contributed by atoms with Crippen LogP contribution in [0.2, 0.25) is 0 Å². The van der Waals surface area contributed by atoms with Crippen molar-refractivity contribution in [3.05, 3.63) is 35.6 Å². The summed E-state index contributed by atoms with van der Waals surface area (Å²) in [6.07, 6.45) is 9.58. The van der Waals surface area contributed by atoms with Gasteiger partial charge >= 0.3 is 0 Å². The van der Waals surface area contributed by atoms with E-state index in [1.54, 1.807) is 7.11 Å². The van der Waals surface area contributed by atoms with Gasteiger partial charge in [-0.05, 0) is 26.5 Å². The molecule has 3 N–H and O–H groups in total. The third-order valence-electron chi connectivity index (χ3n) is 3.27. The Labute approximate surface area is 127 Å². The van der Waals surface area contributed by atoms with Crippen molar-refractivity contribution in [1.29, 1.82) is 0 Å². The highest BCUT2D eigenvalue weighted by Crippen LogP contribution is 2.12. The third-order valence-corrected chi connectivity index (χ3v) is 3.27. The van der Waals surface area contributed by atoms with Gasteiger partial charge in [-0.25, -0.2) is 0 Å². The van der Waals surface area contributed by atoms with E-state index in [0.29, 0.717) is 13.2 Å². The monoisotopic (exact) mass is 293 g/mol. The number of ether oxygens (including phenoxy) is 1. The predicted octanol–water partition coefficient (Wildman–Crippen LogP) is 1.11. The van der Waals surface area contributed by atoms with Crippen LogP contribution < -0.4 is 16.0 Å². The third kappa shape index (κ3) is 6.14. The van der Waals surface area contributed by atoms with Crippen molar-refractivity contribution >= 4 is 5.91 Å². The Morgan fingerprint density at radius 3 is 2.95 bits per heavy atom. The Hall–Kier alpha value is -1.59. The SMILES string of the molecule is CCN/C1=C/C=CC(NC)/C(C(=O)NCCCOC)=C\C1. The molecule has 0 aromatic rings. The van der Waals surface area contributed by atoms with Gasteiger partial charge in [0, 0.05) is 44.5 Å². The average molecular weight is 293 g/mol. The van der Waals surface area contributed by atoms with Crippen molar-refractivity contribution in [3.8, 4) is 0 Å². The van der Waals surface area contributed by atoms with Gasteiger partial charge in [-0.3, -0.25) is 4.79 Å². The molecule has 0 aromatic heterocycles. The molecule has 0 spiro atoms. The molecule has 1 unspecified atom stereocenters. The lowest BCUT2D eigenvalue weighted by molar-refractivity contribution is -0.117. The average Bonchev–Trinajstić information content (AvgIpc) is 2.46. The lowest BCUT2D eigenvalue weighted by Gasteiger charge is -2.18. The molecule has 21 heavy (non-hydrogen) atoms. The van der Waals surface area contributed by atoms with Gasteiger partial charge in [0.25, 0.3) is 0 Å². The minimum atomic E-state index is -0.0631. The van der Waals surface area contributed by atoms with Gasteiger partial charge in [-0.15, -0.1) is 0 Å². The molecule has 0 aliphatic heterocycles. The van der Waals surface area contributed by atoms with Gasteiger partial charge in [0.05, 0.1) is 6.04 Å². The van der Waals surface area contributed by atoms with E-state index in [0.717, 1.165) is 30.7 Å². The summed E-state index contributed by atoms with van der Waals surface area (Å²) in [6, 6.07) is -0.0631. The maximum absolute atomic E-state index is 12.3. The maximum Gasteiger partial charge on any atom is 0.248 e. The molecule has 1 amide bonds. The molecule has 1 rings (SSSR count). The highest BCUT2D eigenvalue weighted by Gasteiger charge is 2.17. The fourth-order valence-electron chi connectivity index (χ4n) is 2.17. The smallest absolute Gasteiger partial charge is 0.248 e. The van der Waals surface area contributed by atoms with Gasteiger partial charge in [-0.2, -0.15) is 0 Å². The zero-order valence-corrected chi connectivity index (χ0v) is 13.2. The number of carbonyl (C=O) groups excluding carboxylic acids is 1. The first kappa shape index (κ1) is 17.5. The number of methoxy groups -OCH3 is 1. The van der Waals surface area contributed by atoms with E-state index >= 15 is 0 Å². The Kier molecular flexibility index (Phi) is 8.47. The van der Waals surface area contributed by atoms with Crippen LogP contribution in [-0.2, 0) is 9.53 Å². The first-order valence-corrected chi connectivity index (χ1v) is 7.48. The van der Waals surface area contributed by atoms with E-state index in [1.807, 2.05) is 25.3 Å². The van der Waals surface area contributed by atoms with Crippen LogP contribution in [0.15, 0.2) is 35.6 Å². The van der Waals surface area contributed by atoms with E-state index in [1.165, 1.54) is 0 Å². The first-order chi connectivity index (χ1) is 10.2. The summed E-state index contributed by atoms with van der Waals surface area (Å²) in [6.45, 7) is 4.22. The van der Waals surface area contributed by atoms with E-state index in [9.17, 15) is 4.79 Å². The Morgan fingerprint density at radius 2 is 2.29 bits per heavy atom. The molecule has 0 aromatic carbocycles. The quantitative estimate of drug-likeness (QED) is 0.587. The number of rotatable bonds is 8. The van der Waals surface area contributed by atoms with E-state index in [4.69, 9.17) is 4.74 Å². The summed E-state index contributed by atoms with van der Waals surface area (Å²) in [5.41, 5.74) is 1.88. The van der Waals surface area contributed by atoms with Crippen LogP contribution in [-0.4, -0.2) is 45.8 Å². The van der Waals surface area contributed by atoms with Crippen LogP contribution in [0, 0.1) is 0 Å². The van der Waals surface area contributed by atoms with Crippen molar-refractivity contribution in [3.63, 3.8) is 0 Å². The molecule has 5 nitrogen and oxygen atoms in total. The van der Waals surface area contributed by atoms with Gasteiger partial charge in [0.2, 0.25) is 5.91 Å². The standard InChI is InChI=1S/C16H27N3O2/c1-4-18-13-7-5-8-15(17-2)14(10-9-13)16(20)19-11-6-12-21-3/h5,7-8,10,15,17-18H,4,6,9,11-12H2,1-3H3,(H,19,20)/b8-5?,13-7+,14-10+. The maximum atomic E-state index is 12.3. The van der Waals surface area contributed by atoms with Crippen LogP contribution in [0.1, 0.15) is 19.8 Å². The Balaban J connectivity index is 2.71. The summed E-state index contributed by atoms with van der Waals surface area (Å²) in [4.78, 5) is 12.3. The van der Waals surface area contributed by atoms with Crippen LogP contribution in [0.4, 0.5) is 0 Å². The van der Waals surface area contributed by atoms with Crippen LogP contribution in [0.5, 0.6) is 0 Å². The summed E-state index contributed by atoms with van der Waals surface area (Å²) in [5, 5.41) is 9.41. The molecule has 5 heteroatoms. The van der Waals surface area contributed by atoms with Gasteiger partial charge < -0.3 is 20.7 Å². The van der Waals surface area contributed by atoms with E-state index in [-0.39, 0.29) is 11.9 Å². The van der Waals surface area contributed by atoms with Crippen LogP contribution in [0.25, 0.3) is 0 Å². The number of allylic oxidation sites excluding steroid dienone is 3. The number of hydrogen-bond donors (Lipinski definition) is 3. The number of amides is 1. The van der Waals surface area contributed by atoms with Crippen molar-refractivity contribution < 1.29 is 9.53 Å². The molecule has 0 saturated heterocycles. The molecular weight excluding hydrogens is 266 g/mol. The predicted molar refractivity (Wildman–Crippen MR) is 86.0 cm³/mol. The van der Waals surface area contributed by atoms with Gasteiger partial charge in [0.1, 0.15) is 0 Å². The lowest BCUT2D eigenvalue weighted by Crippen LogP contribution is -2.36. The second-order valence-electron chi connectivity index (χ2n) is 4.84. The molecule has 1 aliphatic rings. The van der Waals surface area contributed by atoms with Crippen molar-refractivity contribution in [1.82, 2.24) is 16.0 Å². The summed E-state index contributed by atoms with van der Waals surface area (Å²) >= 11 is 0. The fraction of sp³-hybridized carbons (Fsp3) is 0.562. The molecule has 0 heterocycles. The van der Waals surface area contributed by atoms with Crippen molar-refractivity contribution in [2.75, 3.05) is 33.9 Å². The molecule has 118 valence electrons. The molecule has 1 atom stereocenters. The highest BCUT2D eigenvalue weighted by molar-refractivity contribution is 5.95. The summed E-state index contributed by atoms with van der Waals surface area (Å²) in [5.74, 6) is -0.0205. The minimum absolute atomic E-state index is 0.0205. The van der Waals surface area contributed by atoms with Crippen molar-refractivity contribution in [2.24, 2.45) is 0 Å². The Morgan fingerprint density at radius 1 is 1.48 bits per heavy atom. The Bertz CT molecular complexity index is 414. The van der Waals surface area contributed by atoms with Gasteiger partial charge in [-0.1, -0.05) is 18.2 Å². The summed E-state index contributed by atoms with van der Waals surface area (Å²) < 4.78 is 4.98. The topological polar surface area (TPSA) is 62.4 Å². The van der Waals surface area contributed by atoms with Crippen molar-refractivity contribution in [2.45, 2.75) is 25.8 Å². The molecule has 1 aliphatic carbocycles. The largest absolute Gasteiger partial charge is 0.388 e. The molecule has 0 fully saturated rings. The second kappa shape index (κ2) is 10.2. The number of carbonyl (C=O) groups is 1. The zero-order chi connectivity index (χ0) is 15.5. The zero-order valence-electron chi connectivity index (χ0n) is 13.2. The number of hydrogen-bond acceptors (Lipinski definition) is 4. The van der Waals surface area contributed by atoms with E-state index < -0.39 is 0 Å². The summed E-state index contributed by atoms with van der Waals surface area (Å²) in [7, 11) is 3.52. The number of nitrogens with one attached hydrogen (secondary N) is 3. The highest BCUT2D eigenvalue weighted by atomic mass is 16.5. The normalized spacial score (nSPS) is 23.3. The molecule has 0 radical (unpaired) electrons. The van der Waals surface area contributed by atoms with Crippen LogP contribution in [0.3, 0.4) is 0 Å². The van der Waals surface area contributed by atoms with Crippen LogP contribution >= 0.6 is 0 Å². The van der Waals surface area contributed by atoms with Gasteiger partial charge in [0.15, 0.2) is 0 Å². The molecule has 0 bridgehead atoms. The lowest BCUT2D eigenvalue weighted by atomic mass is 10.0. The van der Waals surface area contributed by atoms with E-state index in [2.05, 4.69) is 29.0 Å². The number of likely N-dealkylation sites (N-methyl/N-ethyl adjacent to an activating group) is 1. The molecule has 0 saturated carbocycles. The molecular formula is C16H27N3O2.